The first-order valence-corrected chi connectivity index (χ1v) is 4.05. The van der Waals surface area contributed by atoms with Crippen LogP contribution < -0.4 is 0 Å². The minimum Gasteiger partial charge on any atom is -0.348 e. The molecule has 2 atom stereocenters. The van der Waals surface area contributed by atoms with Gasteiger partial charge in [-0.1, -0.05) is 24.3 Å². The predicted octanol–water partition coefficient (Wildman–Crippen LogP) is 1.10. The summed E-state index contributed by atoms with van der Waals surface area (Å²) in [6.45, 7) is 0.478. The first-order valence-electron chi connectivity index (χ1n) is 4.05. The van der Waals surface area contributed by atoms with Crippen LogP contribution in [-0.4, -0.2) is 19.0 Å². The second-order valence-electron chi connectivity index (χ2n) is 3.30. The van der Waals surface area contributed by atoms with E-state index in [9.17, 15) is 0 Å². The van der Waals surface area contributed by atoms with Gasteiger partial charge in [0.2, 0.25) is 0 Å². The lowest BCUT2D eigenvalue weighted by atomic mass is 9.78. The molecule has 11 heavy (non-hydrogen) atoms. The maximum atomic E-state index is 5.47. The third-order valence-electron chi connectivity index (χ3n) is 2.71. The number of rotatable bonds is 0. The van der Waals surface area contributed by atoms with Crippen molar-refractivity contribution in [2.24, 2.45) is 11.8 Å². The average molecular weight is 150 g/mol. The van der Waals surface area contributed by atoms with Crippen molar-refractivity contribution in [1.29, 1.82) is 0 Å². The maximum absolute atomic E-state index is 5.47. The molecule has 1 fully saturated rings. The third-order valence-corrected chi connectivity index (χ3v) is 2.71. The quantitative estimate of drug-likeness (QED) is 0.481. The highest BCUT2D eigenvalue weighted by Gasteiger charge is 2.42. The number of hydrogen-bond donors (Lipinski definition) is 0. The lowest BCUT2D eigenvalue weighted by molar-refractivity contribution is 0.0352. The molecule has 2 nitrogen and oxygen atoms in total. The molecule has 1 aliphatic heterocycles. The molecule has 3 aliphatic carbocycles. The molecule has 2 heteroatoms. The van der Waals surface area contributed by atoms with E-state index in [1.807, 2.05) is 0 Å². The van der Waals surface area contributed by atoms with Crippen LogP contribution in [0.5, 0.6) is 0 Å². The van der Waals surface area contributed by atoms with Crippen LogP contribution in [0, 0.1) is 11.8 Å². The highest BCUT2D eigenvalue weighted by molar-refractivity contribution is 5.24. The lowest BCUT2D eigenvalue weighted by Gasteiger charge is -2.34. The van der Waals surface area contributed by atoms with E-state index in [0.29, 0.717) is 30.8 Å². The van der Waals surface area contributed by atoms with Gasteiger partial charge in [0.25, 0.3) is 0 Å². The molecule has 2 unspecified atom stereocenters. The van der Waals surface area contributed by atoms with E-state index in [1.165, 1.54) is 0 Å². The fourth-order valence-corrected chi connectivity index (χ4v) is 2.13. The molecular weight excluding hydrogens is 140 g/mol. The summed E-state index contributed by atoms with van der Waals surface area (Å²) in [5, 5.41) is 0. The summed E-state index contributed by atoms with van der Waals surface area (Å²) in [7, 11) is 0. The van der Waals surface area contributed by atoms with Gasteiger partial charge < -0.3 is 9.47 Å². The summed E-state index contributed by atoms with van der Waals surface area (Å²) >= 11 is 0. The summed E-state index contributed by atoms with van der Waals surface area (Å²) in [6, 6.07) is 0. The predicted molar refractivity (Wildman–Crippen MR) is 39.9 cm³/mol. The molecule has 0 aromatic heterocycles. The van der Waals surface area contributed by atoms with Crippen LogP contribution in [0.1, 0.15) is 0 Å². The Labute approximate surface area is 65.5 Å². The molecule has 58 valence electrons. The van der Waals surface area contributed by atoms with Gasteiger partial charge in [-0.15, -0.1) is 0 Å². The van der Waals surface area contributed by atoms with Gasteiger partial charge in [0.05, 0.1) is 12.2 Å². The Morgan fingerprint density at radius 2 is 1.27 bits per heavy atom. The number of ether oxygens (including phenoxy) is 2. The molecule has 0 N–H and O–H groups in total. The summed E-state index contributed by atoms with van der Waals surface area (Å²) in [5.41, 5.74) is 0. The molecule has 0 spiro atoms. The highest BCUT2D eigenvalue weighted by atomic mass is 16.7. The van der Waals surface area contributed by atoms with Gasteiger partial charge in [-0.25, -0.2) is 0 Å². The van der Waals surface area contributed by atoms with E-state index in [4.69, 9.17) is 9.47 Å². The van der Waals surface area contributed by atoms with Crippen LogP contribution >= 0.6 is 0 Å². The van der Waals surface area contributed by atoms with E-state index in [-0.39, 0.29) is 0 Å². The highest BCUT2D eigenvalue weighted by Crippen LogP contribution is 2.37. The zero-order valence-electron chi connectivity index (χ0n) is 6.14. The molecule has 1 heterocycles. The van der Waals surface area contributed by atoms with Crippen molar-refractivity contribution in [3.05, 3.63) is 24.3 Å². The molecular formula is C9H10O2. The topological polar surface area (TPSA) is 18.5 Å². The fraction of sp³-hybridized carbons (Fsp3) is 0.556. The first kappa shape index (κ1) is 5.98. The molecule has 0 saturated carbocycles. The summed E-state index contributed by atoms with van der Waals surface area (Å²) in [6.07, 6.45) is 9.49. The molecule has 2 bridgehead atoms. The molecule has 0 aromatic rings. The van der Waals surface area contributed by atoms with Crippen LogP contribution in [0.25, 0.3) is 0 Å². The van der Waals surface area contributed by atoms with Gasteiger partial charge in [-0.2, -0.15) is 0 Å². The van der Waals surface area contributed by atoms with Gasteiger partial charge in [0, 0.05) is 11.8 Å². The van der Waals surface area contributed by atoms with Crippen LogP contribution in [0.15, 0.2) is 24.3 Å². The van der Waals surface area contributed by atoms with Crippen molar-refractivity contribution in [1.82, 2.24) is 0 Å². The zero-order valence-corrected chi connectivity index (χ0v) is 6.14. The maximum Gasteiger partial charge on any atom is 0.147 e. The number of hydrogen-bond acceptors (Lipinski definition) is 2. The van der Waals surface area contributed by atoms with Crippen molar-refractivity contribution >= 4 is 0 Å². The first-order chi connectivity index (χ1) is 5.45. The van der Waals surface area contributed by atoms with Crippen molar-refractivity contribution in [3.63, 3.8) is 0 Å². The standard InChI is InChI=1S/C9H10O2/c1-2-7-4-3-6(1)8-9(7)11-5-10-8/h1-4,6-9H,5H2. The normalized spacial score (nSPS) is 51.6. The van der Waals surface area contributed by atoms with E-state index in [1.54, 1.807) is 0 Å². The minimum absolute atomic E-state index is 0.301. The summed E-state index contributed by atoms with van der Waals surface area (Å²) < 4.78 is 10.9. The smallest absolute Gasteiger partial charge is 0.147 e. The van der Waals surface area contributed by atoms with Crippen LogP contribution in [0.3, 0.4) is 0 Å². The molecule has 4 rings (SSSR count). The second-order valence-corrected chi connectivity index (χ2v) is 3.30. The lowest BCUT2D eigenvalue weighted by Crippen LogP contribution is -2.40. The van der Waals surface area contributed by atoms with Gasteiger partial charge >= 0.3 is 0 Å². The van der Waals surface area contributed by atoms with Crippen molar-refractivity contribution in [2.45, 2.75) is 12.2 Å². The average Bonchev–Trinajstić information content (AvgIpc) is 2.55. The van der Waals surface area contributed by atoms with Crippen LogP contribution in [0.4, 0.5) is 0 Å². The monoisotopic (exact) mass is 150 g/mol. The van der Waals surface area contributed by atoms with Crippen LogP contribution in [0.2, 0.25) is 0 Å². The van der Waals surface area contributed by atoms with E-state index < -0.39 is 0 Å². The Morgan fingerprint density at radius 1 is 0.818 bits per heavy atom. The van der Waals surface area contributed by atoms with Crippen molar-refractivity contribution < 1.29 is 9.47 Å². The third kappa shape index (κ3) is 0.686. The van der Waals surface area contributed by atoms with Gasteiger partial charge in [-0.05, 0) is 0 Å². The summed E-state index contributed by atoms with van der Waals surface area (Å²) in [4.78, 5) is 0. The largest absolute Gasteiger partial charge is 0.348 e. The van der Waals surface area contributed by atoms with Crippen molar-refractivity contribution in [2.75, 3.05) is 6.79 Å². The van der Waals surface area contributed by atoms with E-state index >= 15 is 0 Å². The zero-order chi connectivity index (χ0) is 7.26. The van der Waals surface area contributed by atoms with Gasteiger partial charge in [0.1, 0.15) is 6.79 Å². The molecule has 1 saturated heterocycles. The molecule has 0 radical (unpaired) electrons. The Kier molecular flexibility index (Phi) is 1.06. The van der Waals surface area contributed by atoms with Gasteiger partial charge in [0.15, 0.2) is 0 Å². The van der Waals surface area contributed by atoms with E-state index in [0.717, 1.165) is 0 Å². The Balaban J connectivity index is 2.03. The SMILES string of the molecule is C1=CC2C=CC1C1OCOC21. The fourth-order valence-electron chi connectivity index (χ4n) is 2.13. The van der Waals surface area contributed by atoms with Gasteiger partial charge in [-0.3, -0.25) is 0 Å². The molecule has 0 amide bonds. The molecule has 0 aromatic carbocycles. The summed E-state index contributed by atoms with van der Waals surface area (Å²) in [5.74, 6) is 0.931. The molecule has 4 aliphatic rings. The Morgan fingerprint density at radius 3 is 1.73 bits per heavy atom. The Bertz CT molecular complexity index is 196. The minimum atomic E-state index is 0.301. The van der Waals surface area contributed by atoms with Crippen LogP contribution in [-0.2, 0) is 9.47 Å². The Hall–Kier alpha value is -0.600. The van der Waals surface area contributed by atoms with E-state index in [2.05, 4.69) is 24.3 Å². The second kappa shape index (κ2) is 1.96. The van der Waals surface area contributed by atoms with Crippen molar-refractivity contribution in [3.8, 4) is 0 Å².